The number of hydrogen-bond acceptors (Lipinski definition) is 5. The summed E-state index contributed by atoms with van der Waals surface area (Å²) in [5.41, 5.74) is 3.05. The maximum atomic E-state index is 5.61. The van der Waals surface area contributed by atoms with Gasteiger partial charge in [0.1, 0.15) is 0 Å². The van der Waals surface area contributed by atoms with E-state index in [1.54, 1.807) is 21.3 Å². The lowest BCUT2D eigenvalue weighted by Crippen LogP contribution is -2.00. The lowest BCUT2D eigenvalue weighted by molar-refractivity contribution is 0.310. The van der Waals surface area contributed by atoms with Crippen LogP contribution in [0, 0.1) is 6.92 Å². The van der Waals surface area contributed by atoms with Gasteiger partial charge in [-0.3, -0.25) is 4.98 Å². The third-order valence-corrected chi connectivity index (χ3v) is 4.44. The molecule has 0 fully saturated rings. The van der Waals surface area contributed by atoms with E-state index in [4.69, 9.17) is 23.9 Å². The van der Waals surface area contributed by atoms with Crippen molar-refractivity contribution in [3.05, 3.63) is 53.3 Å². The molecule has 0 amide bonds. The summed E-state index contributed by atoms with van der Waals surface area (Å²) in [6.07, 6.45) is 0.677. The fraction of sp³-hybridized carbons (Fsp3) is 0.318. The molecule has 3 aromatic rings. The van der Waals surface area contributed by atoms with Gasteiger partial charge >= 0.3 is 0 Å². The van der Waals surface area contributed by atoms with Gasteiger partial charge in [0.15, 0.2) is 23.0 Å². The Hall–Kier alpha value is -2.95. The van der Waals surface area contributed by atoms with Gasteiger partial charge in [0, 0.05) is 17.5 Å². The number of ether oxygens (including phenoxy) is 4. The monoisotopic (exact) mass is 367 g/mol. The number of methoxy groups -OCH3 is 3. The van der Waals surface area contributed by atoms with Crippen LogP contribution in [0.25, 0.3) is 10.8 Å². The largest absolute Gasteiger partial charge is 0.493 e. The number of aryl methyl sites for hydroxylation is 1. The van der Waals surface area contributed by atoms with Crippen LogP contribution in [0.2, 0.25) is 0 Å². The fourth-order valence-electron chi connectivity index (χ4n) is 3.22. The number of fused-ring (bicyclic) bond motifs is 1. The highest BCUT2D eigenvalue weighted by atomic mass is 16.5. The van der Waals surface area contributed by atoms with Gasteiger partial charge < -0.3 is 18.9 Å². The molecule has 0 aliphatic heterocycles. The van der Waals surface area contributed by atoms with Gasteiger partial charge in [-0.2, -0.15) is 0 Å². The van der Waals surface area contributed by atoms with Gasteiger partial charge in [0.05, 0.1) is 33.6 Å². The first-order chi connectivity index (χ1) is 13.1. The molecule has 142 valence electrons. The lowest BCUT2D eigenvalue weighted by atomic mass is 10.0. The Kier molecular flexibility index (Phi) is 5.69. The number of pyridine rings is 1. The molecule has 0 radical (unpaired) electrons. The Morgan fingerprint density at radius 3 is 2.15 bits per heavy atom. The topological polar surface area (TPSA) is 49.8 Å². The maximum absolute atomic E-state index is 5.61. The molecule has 0 bridgehead atoms. The Morgan fingerprint density at radius 2 is 1.48 bits per heavy atom. The van der Waals surface area contributed by atoms with Crippen molar-refractivity contribution in [2.24, 2.45) is 0 Å². The predicted molar refractivity (Wildman–Crippen MR) is 107 cm³/mol. The highest BCUT2D eigenvalue weighted by Gasteiger charge is 2.13. The molecule has 0 atom stereocenters. The fourth-order valence-corrected chi connectivity index (χ4v) is 3.22. The van der Waals surface area contributed by atoms with E-state index in [1.807, 2.05) is 44.2 Å². The van der Waals surface area contributed by atoms with E-state index in [1.165, 1.54) is 0 Å². The molecule has 0 saturated heterocycles. The van der Waals surface area contributed by atoms with Crippen molar-refractivity contribution in [2.75, 3.05) is 27.9 Å². The van der Waals surface area contributed by atoms with Gasteiger partial charge in [0.2, 0.25) is 0 Å². The molecule has 3 rings (SSSR count). The van der Waals surface area contributed by atoms with E-state index in [9.17, 15) is 0 Å². The smallest absolute Gasteiger partial charge is 0.161 e. The Morgan fingerprint density at radius 1 is 0.815 bits per heavy atom. The zero-order valence-electron chi connectivity index (χ0n) is 16.5. The quantitative estimate of drug-likeness (QED) is 0.613. The molecule has 5 heteroatoms. The minimum Gasteiger partial charge on any atom is -0.493 e. The summed E-state index contributed by atoms with van der Waals surface area (Å²) in [4.78, 5) is 4.77. The van der Waals surface area contributed by atoms with E-state index in [0.29, 0.717) is 24.5 Å². The van der Waals surface area contributed by atoms with Gasteiger partial charge in [0.25, 0.3) is 0 Å². The van der Waals surface area contributed by atoms with Gasteiger partial charge in [-0.15, -0.1) is 0 Å². The molecule has 2 aromatic carbocycles. The normalized spacial score (nSPS) is 10.7. The lowest BCUT2D eigenvalue weighted by Gasteiger charge is -2.14. The zero-order valence-corrected chi connectivity index (χ0v) is 16.5. The summed E-state index contributed by atoms with van der Waals surface area (Å²) >= 11 is 0. The third-order valence-electron chi connectivity index (χ3n) is 4.44. The van der Waals surface area contributed by atoms with Crippen LogP contribution in [0.3, 0.4) is 0 Å². The second kappa shape index (κ2) is 8.16. The van der Waals surface area contributed by atoms with Crippen LogP contribution >= 0.6 is 0 Å². The molecule has 1 heterocycles. The Bertz CT molecular complexity index is 953. The Balaban J connectivity index is 2.06. The molecule has 0 unspecified atom stereocenters. The van der Waals surface area contributed by atoms with Gasteiger partial charge in [-0.05, 0) is 55.1 Å². The molecule has 0 N–H and O–H groups in total. The van der Waals surface area contributed by atoms with Crippen LogP contribution < -0.4 is 18.9 Å². The number of nitrogens with zero attached hydrogens (tertiary/aromatic N) is 1. The molecule has 0 spiro atoms. The zero-order chi connectivity index (χ0) is 19.4. The van der Waals surface area contributed by atoms with Crippen molar-refractivity contribution >= 4 is 10.8 Å². The molecular weight excluding hydrogens is 342 g/mol. The van der Waals surface area contributed by atoms with E-state index in [0.717, 1.165) is 39.2 Å². The van der Waals surface area contributed by atoms with Crippen LogP contribution in [0.15, 0.2) is 36.4 Å². The first kappa shape index (κ1) is 18.8. The van der Waals surface area contributed by atoms with Crippen molar-refractivity contribution in [1.29, 1.82) is 0 Å². The summed E-state index contributed by atoms with van der Waals surface area (Å²) in [6.45, 7) is 4.55. The average molecular weight is 367 g/mol. The summed E-state index contributed by atoms with van der Waals surface area (Å²) in [6, 6.07) is 12.0. The van der Waals surface area contributed by atoms with E-state index >= 15 is 0 Å². The van der Waals surface area contributed by atoms with E-state index in [-0.39, 0.29) is 0 Å². The van der Waals surface area contributed by atoms with Crippen LogP contribution in [0.5, 0.6) is 23.0 Å². The predicted octanol–water partition coefficient (Wildman–Crippen LogP) is 4.56. The van der Waals surface area contributed by atoms with Crippen LogP contribution in [0.1, 0.15) is 23.9 Å². The maximum Gasteiger partial charge on any atom is 0.161 e. The second-order valence-corrected chi connectivity index (χ2v) is 6.23. The van der Waals surface area contributed by atoms with Gasteiger partial charge in [-0.1, -0.05) is 6.07 Å². The standard InChI is InChI=1S/C22H25NO4/c1-6-27-19-8-7-15(11-20(19)24-3)10-18-17-13-22(26-5)21(25-4)12-16(17)9-14(2)23-18/h7-9,11-13H,6,10H2,1-5H3. The first-order valence-corrected chi connectivity index (χ1v) is 8.91. The van der Waals surface area contributed by atoms with E-state index in [2.05, 4.69) is 6.07 Å². The number of benzene rings is 2. The number of hydrogen-bond donors (Lipinski definition) is 0. The summed E-state index contributed by atoms with van der Waals surface area (Å²) in [5.74, 6) is 2.88. The average Bonchev–Trinajstić information content (AvgIpc) is 2.68. The molecule has 0 aliphatic rings. The summed E-state index contributed by atoms with van der Waals surface area (Å²) < 4.78 is 22.0. The molecule has 27 heavy (non-hydrogen) atoms. The first-order valence-electron chi connectivity index (χ1n) is 8.91. The highest BCUT2D eigenvalue weighted by molar-refractivity contribution is 5.88. The number of rotatable bonds is 7. The number of aromatic nitrogens is 1. The molecule has 1 aromatic heterocycles. The van der Waals surface area contributed by atoms with Crippen molar-refractivity contribution < 1.29 is 18.9 Å². The minimum atomic E-state index is 0.599. The Labute approximate surface area is 159 Å². The van der Waals surface area contributed by atoms with Crippen LogP contribution in [-0.4, -0.2) is 32.9 Å². The highest BCUT2D eigenvalue weighted by Crippen LogP contribution is 2.35. The molecular formula is C22H25NO4. The molecule has 5 nitrogen and oxygen atoms in total. The van der Waals surface area contributed by atoms with Crippen molar-refractivity contribution in [3.63, 3.8) is 0 Å². The summed E-state index contributed by atoms with van der Waals surface area (Å²) in [7, 11) is 4.94. The SMILES string of the molecule is CCOc1ccc(Cc2nc(C)cc3cc(OC)c(OC)cc23)cc1OC. The third kappa shape index (κ3) is 3.92. The van der Waals surface area contributed by atoms with E-state index < -0.39 is 0 Å². The van der Waals surface area contributed by atoms with Crippen molar-refractivity contribution in [3.8, 4) is 23.0 Å². The molecule has 0 aliphatic carbocycles. The van der Waals surface area contributed by atoms with Crippen LogP contribution in [-0.2, 0) is 6.42 Å². The molecule has 0 saturated carbocycles. The van der Waals surface area contributed by atoms with Gasteiger partial charge in [-0.25, -0.2) is 0 Å². The van der Waals surface area contributed by atoms with Crippen LogP contribution in [0.4, 0.5) is 0 Å². The summed E-state index contributed by atoms with van der Waals surface area (Å²) in [5, 5.41) is 2.12. The van der Waals surface area contributed by atoms with Crippen molar-refractivity contribution in [1.82, 2.24) is 4.98 Å². The second-order valence-electron chi connectivity index (χ2n) is 6.23. The van der Waals surface area contributed by atoms with Crippen molar-refractivity contribution in [2.45, 2.75) is 20.3 Å². The minimum absolute atomic E-state index is 0.599.